The van der Waals surface area contributed by atoms with E-state index in [1.54, 1.807) is 7.11 Å². The minimum atomic E-state index is -0.180. The van der Waals surface area contributed by atoms with Gasteiger partial charge < -0.3 is 19.5 Å². The Bertz CT molecular complexity index is 952. The number of nitrogens with zero attached hydrogens (tertiary/aromatic N) is 2. The zero-order valence-corrected chi connectivity index (χ0v) is 15.7. The van der Waals surface area contributed by atoms with E-state index in [-0.39, 0.29) is 12.1 Å². The van der Waals surface area contributed by atoms with Crippen molar-refractivity contribution in [3.8, 4) is 5.75 Å². The van der Waals surface area contributed by atoms with Crippen LogP contribution in [0.1, 0.15) is 17.3 Å². The molecule has 1 atom stereocenters. The molecule has 1 aliphatic rings. The van der Waals surface area contributed by atoms with E-state index in [9.17, 15) is 4.79 Å². The van der Waals surface area contributed by atoms with Crippen molar-refractivity contribution in [2.24, 2.45) is 0 Å². The fourth-order valence-electron chi connectivity index (χ4n) is 3.53. The highest BCUT2D eigenvalue weighted by Crippen LogP contribution is 2.34. The Labute approximate surface area is 163 Å². The van der Waals surface area contributed by atoms with Gasteiger partial charge in [0, 0.05) is 30.0 Å². The van der Waals surface area contributed by atoms with Crippen LogP contribution in [-0.2, 0) is 6.54 Å². The van der Waals surface area contributed by atoms with Crippen LogP contribution >= 0.6 is 11.6 Å². The molecule has 2 aromatic carbocycles. The smallest absolute Gasteiger partial charge is 0.322 e. The molecule has 0 spiro atoms. The third kappa shape index (κ3) is 3.38. The van der Waals surface area contributed by atoms with Crippen LogP contribution in [0, 0.1) is 0 Å². The summed E-state index contributed by atoms with van der Waals surface area (Å²) in [6, 6.07) is 18.8. The molecule has 0 fully saturated rings. The molecule has 2 heterocycles. The van der Waals surface area contributed by atoms with Crippen molar-refractivity contribution in [3.63, 3.8) is 0 Å². The number of nitrogens with one attached hydrogen (secondary N) is 1. The monoisotopic (exact) mass is 381 g/mol. The van der Waals surface area contributed by atoms with Gasteiger partial charge in [0.25, 0.3) is 0 Å². The summed E-state index contributed by atoms with van der Waals surface area (Å²) in [6.07, 6.45) is 2.05. The lowest BCUT2D eigenvalue weighted by atomic mass is 10.0. The molecule has 0 aliphatic carbocycles. The summed E-state index contributed by atoms with van der Waals surface area (Å²) in [7, 11) is 1.59. The molecule has 1 N–H and O–H groups in total. The molecule has 0 saturated carbocycles. The number of carbonyl (C=O) groups excluding carboxylic acids is 1. The molecule has 4 rings (SSSR count). The van der Waals surface area contributed by atoms with Crippen LogP contribution < -0.4 is 10.1 Å². The molecule has 5 nitrogen and oxygen atoms in total. The average molecular weight is 382 g/mol. The highest BCUT2D eigenvalue weighted by Gasteiger charge is 2.32. The molecule has 1 aliphatic heterocycles. The number of carbonyl (C=O) groups is 1. The van der Waals surface area contributed by atoms with E-state index >= 15 is 0 Å². The second kappa shape index (κ2) is 7.37. The van der Waals surface area contributed by atoms with Crippen LogP contribution in [0.25, 0.3) is 0 Å². The van der Waals surface area contributed by atoms with Gasteiger partial charge in [-0.05, 0) is 42.0 Å². The Morgan fingerprint density at radius 3 is 2.63 bits per heavy atom. The van der Waals surface area contributed by atoms with Crippen molar-refractivity contribution < 1.29 is 9.53 Å². The van der Waals surface area contributed by atoms with Crippen molar-refractivity contribution in [2.75, 3.05) is 19.0 Å². The SMILES string of the molecule is COc1ccccc1NC(=O)N1CCn2cccc2[C@@H]1c1ccc(Cl)cc1. The molecular formula is C21H20ClN3O2. The lowest BCUT2D eigenvalue weighted by Gasteiger charge is -2.37. The molecular weight excluding hydrogens is 362 g/mol. The van der Waals surface area contributed by atoms with E-state index in [4.69, 9.17) is 16.3 Å². The van der Waals surface area contributed by atoms with Gasteiger partial charge >= 0.3 is 6.03 Å². The Balaban J connectivity index is 1.68. The predicted molar refractivity (Wildman–Crippen MR) is 106 cm³/mol. The van der Waals surface area contributed by atoms with Crippen LogP contribution in [0.5, 0.6) is 5.75 Å². The van der Waals surface area contributed by atoms with Crippen LogP contribution in [0.15, 0.2) is 66.9 Å². The first kappa shape index (κ1) is 17.5. The maximum absolute atomic E-state index is 13.1. The van der Waals surface area contributed by atoms with Gasteiger partial charge in [0.05, 0.1) is 18.8 Å². The number of aromatic nitrogens is 1. The normalized spacial score (nSPS) is 15.9. The number of amides is 2. The van der Waals surface area contributed by atoms with Crippen LogP contribution in [0.4, 0.5) is 10.5 Å². The predicted octanol–water partition coefficient (Wildman–Crippen LogP) is 4.79. The number of hydrogen-bond donors (Lipinski definition) is 1. The first-order chi connectivity index (χ1) is 13.2. The van der Waals surface area contributed by atoms with Crippen LogP contribution in [0.2, 0.25) is 5.02 Å². The summed E-state index contributed by atoms with van der Waals surface area (Å²) in [5.41, 5.74) is 2.76. The van der Waals surface area contributed by atoms with Crippen LogP contribution in [-0.4, -0.2) is 29.2 Å². The summed E-state index contributed by atoms with van der Waals surface area (Å²) in [5.74, 6) is 0.634. The molecule has 2 amide bonds. The minimum absolute atomic E-state index is 0.160. The Kier molecular flexibility index (Phi) is 4.77. The molecule has 3 aromatic rings. The number of hydrogen-bond acceptors (Lipinski definition) is 2. The summed E-state index contributed by atoms with van der Waals surface area (Å²) in [5, 5.41) is 3.67. The number of ether oxygens (including phenoxy) is 1. The average Bonchev–Trinajstić information content (AvgIpc) is 3.17. The number of rotatable bonds is 3. The third-order valence-corrected chi connectivity index (χ3v) is 5.09. The number of benzene rings is 2. The first-order valence-corrected chi connectivity index (χ1v) is 9.16. The number of methoxy groups -OCH3 is 1. The number of anilines is 1. The maximum atomic E-state index is 13.1. The number of para-hydroxylation sites is 2. The van der Waals surface area contributed by atoms with Gasteiger partial charge in [-0.2, -0.15) is 0 Å². The summed E-state index contributed by atoms with van der Waals surface area (Å²) in [6.45, 7) is 1.36. The van der Waals surface area contributed by atoms with Gasteiger partial charge in [0.2, 0.25) is 0 Å². The standard InChI is InChI=1S/C21H20ClN3O2/c1-27-19-7-3-2-5-17(19)23-21(26)25-14-13-24-12-4-6-18(24)20(25)15-8-10-16(22)11-9-15/h2-12,20H,13-14H2,1H3,(H,23,26)/t20-/m0/s1. The summed E-state index contributed by atoms with van der Waals surface area (Å²) >= 11 is 6.06. The summed E-state index contributed by atoms with van der Waals surface area (Å²) < 4.78 is 7.54. The van der Waals surface area contributed by atoms with E-state index in [2.05, 4.69) is 16.0 Å². The van der Waals surface area contributed by atoms with Gasteiger partial charge in [-0.25, -0.2) is 4.79 Å². The second-order valence-electron chi connectivity index (χ2n) is 6.40. The lowest BCUT2D eigenvalue weighted by Crippen LogP contribution is -2.44. The van der Waals surface area contributed by atoms with E-state index in [1.165, 1.54) is 0 Å². The summed E-state index contributed by atoms with van der Waals surface area (Å²) in [4.78, 5) is 15.0. The number of fused-ring (bicyclic) bond motifs is 1. The fraction of sp³-hybridized carbons (Fsp3) is 0.190. The number of urea groups is 1. The largest absolute Gasteiger partial charge is 0.495 e. The van der Waals surface area contributed by atoms with Crippen LogP contribution in [0.3, 0.4) is 0 Å². The molecule has 0 unspecified atom stereocenters. The van der Waals surface area contributed by atoms with E-state index < -0.39 is 0 Å². The molecule has 6 heteroatoms. The maximum Gasteiger partial charge on any atom is 0.322 e. The first-order valence-electron chi connectivity index (χ1n) is 8.78. The molecule has 27 heavy (non-hydrogen) atoms. The lowest BCUT2D eigenvalue weighted by molar-refractivity contribution is 0.181. The highest BCUT2D eigenvalue weighted by molar-refractivity contribution is 6.30. The van der Waals surface area contributed by atoms with Gasteiger partial charge in [-0.15, -0.1) is 0 Å². The molecule has 138 valence electrons. The zero-order valence-electron chi connectivity index (χ0n) is 14.9. The van der Waals surface area contributed by atoms with Crippen molar-refractivity contribution in [2.45, 2.75) is 12.6 Å². The van der Waals surface area contributed by atoms with Gasteiger partial charge in [-0.1, -0.05) is 35.9 Å². The van der Waals surface area contributed by atoms with Crippen molar-refractivity contribution >= 4 is 23.3 Å². The van der Waals surface area contributed by atoms with E-state index in [0.717, 1.165) is 17.8 Å². The molecule has 0 radical (unpaired) electrons. The molecule has 0 saturated heterocycles. The fourth-order valence-corrected chi connectivity index (χ4v) is 3.66. The molecule has 1 aromatic heterocycles. The van der Waals surface area contributed by atoms with E-state index in [0.29, 0.717) is 23.0 Å². The Hall–Kier alpha value is -2.92. The highest BCUT2D eigenvalue weighted by atomic mass is 35.5. The Morgan fingerprint density at radius 2 is 1.85 bits per heavy atom. The van der Waals surface area contributed by atoms with Gasteiger partial charge in [0.15, 0.2) is 0 Å². The van der Waals surface area contributed by atoms with Gasteiger partial charge in [-0.3, -0.25) is 0 Å². The number of halogens is 1. The van der Waals surface area contributed by atoms with Gasteiger partial charge in [0.1, 0.15) is 5.75 Å². The Morgan fingerprint density at radius 1 is 1.07 bits per heavy atom. The van der Waals surface area contributed by atoms with Crippen molar-refractivity contribution in [3.05, 3.63) is 83.1 Å². The van der Waals surface area contributed by atoms with Crippen molar-refractivity contribution in [1.29, 1.82) is 0 Å². The third-order valence-electron chi connectivity index (χ3n) is 4.83. The zero-order chi connectivity index (χ0) is 18.8. The topological polar surface area (TPSA) is 46.5 Å². The quantitative estimate of drug-likeness (QED) is 0.709. The van der Waals surface area contributed by atoms with E-state index in [1.807, 2.05) is 65.7 Å². The minimum Gasteiger partial charge on any atom is -0.495 e. The molecule has 0 bridgehead atoms. The van der Waals surface area contributed by atoms with Crippen molar-refractivity contribution in [1.82, 2.24) is 9.47 Å². The second-order valence-corrected chi connectivity index (χ2v) is 6.84.